The van der Waals surface area contributed by atoms with Crippen LogP contribution in [0.3, 0.4) is 0 Å². The molecule has 1 aliphatic heterocycles. The average molecular weight is 1060 g/mol. The lowest BCUT2D eigenvalue weighted by molar-refractivity contribution is -0.136. The fourth-order valence-corrected chi connectivity index (χ4v) is 9.52. The Morgan fingerprint density at radius 2 is 1.10 bits per heavy atom. The Morgan fingerprint density at radius 3 is 1.58 bits per heavy atom. The molecule has 0 saturated heterocycles. The van der Waals surface area contributed by atoms with E-state index in [1.54, 1.807) is 11.3 Å². The van der Waals surface area contributed by atoms with Gasteiger partial charge >= 0.3 is 5.97 Å². The number of likely N-dealkylation sites (N-methyl/N-ethyl adjacent to an activating group) is 1. The molecular formula is C51H76F4N4O13S. The maximum atomic E-state index is 13.9. The van der Waals surface area contributed by atoms with Gasteiger partial charge in [0.1, 0.15) is 5.84 Å². The van der Waals surface area contributed by atoms with Crippen LogP contribution in [0.1, 0.15) is 50.3 Å². The number of carbonyl (C=O) groups excluding carboxylic acids is 2. The molecule has 1 amide bonds. The van der Waals surface area contributed by atoms with Gasteiger partial charge in [0.2, 0.25) is 23.3 Å². The van der Waals surface area contributed by atoms with Crippen molar-refractivity contribution < 1.29 is 79.3 Å². The highest BCUT2D eigenvalue weighted by molar-refractivity contribution is 7.11. The van der Waals surface area contributed by atoms with Crippen LogP contribution in [0.4, 0.5) is 23.2 Å². The van der Waals surface area contributed by atoms with Crippen LogP contribution in [0, 0.1) is 46.9 Å². The van der Waals surface area contributed by atoms with Gasteiger partial charge in [-0.15, -0.1) is 11.3 Å². The highest BCUT2D eigenvalue weighted by Gasteiger charge is 2.46. The summed E-state index contributed by atoms with van der Waals surface area (Å²) in [6.07, 6.45) is 6.62. The maximum Gasteiger partial charge on any atom is 0.313 e. The molecule has 3 saturated carbocycles. The highest BCUT2D eigenvalue weighted by Crippen LogP contribution is 2.52. The zero-order valence-corrected chi connectivity index (χ0v) is 43.3. The molecule has 73 heavy (non-hydrogen) atoms. The van der Waals surface area contributed by atoms with Crippen LogP contribution >= 0.6 is 11.3 Å². The van der Waals surface area contributed by atoms with Gasteiger partial charge < -0.3 is 67.6 Å². The van der Waals surface area contributed by atoms with Gasteiger partial charge in [-0.05, 0) is 73.9 Å². The minimum atomic E-state index is -1.79. The van der Waals surface area contributed by atoms with E-state index in [1.165, 1.54) is 12.8 Å². The van der Waals surface area contributed by atoms with Gasteiger partial charge in [0.15, 0.2) is 11.6 Å². The Labute approximate surface area is 430 Å². The first kappa shape index (κ1) is 60.2. The first-order chi connectivity index (χ1) is 35.5. The van der Waals surface area contributed by atoms with Crippen molar-refractivity contribution >= 4 is 40.8 Å². The first-order valence-electron chi connectivity index (χ1n) is 25.4. The number of ether oxygens (including phenoxy) is 11. The van der Waals surface area contributed by atoms with Gasteiger partial charge in [-0.3, -0.25) is 9.59 Å². The number of aliphatic imine (C=N–C) groups is 1. The Hall–Kier alpha value is -3.65. The number of rotatable bonds is 41. The summed E-state index contributed by atoms with van der Waals surface area (Å²) in [7, 11) is 2.18. The average Bonchev–Trinajstić information content (AvgIpc) is 3.72. The number of thiophene rings is 1. The van der Waals surface area contributed by atoms with Crippen LogP contribution in [-0.2, 0) is 57.0 Å². The number of amides is 1. The molecule has 1 aromatic carbocycles. The van der Waals surface area contributed by atoms with Gasteiger partial charge in [0.05, 0.1) is 149 Å². The number of halogens is 4. The number of esters is 1. The van der Waals surface area contributed by atoms with Gasteiger partial charge in [-0.25, -0.2) is 13.8 Å². The minimum absolute atomic E-state index is 0.0201. The third-order valence-electron chi connectivity index (χ3n) is 12.5. The molecule has 17 nitrogen and oxygen atoms in total. The number of nitrogens with two attached hydrogens (primary N) is 1. The van der Waals surface area contributed by atoms with Crippen molar-refractivity contribution in [2.75, 3.05) is 165 Å². The second kappa shape index (κ2) is 34.8. The smallest absolute Gasteiger partial charge is 0.313 e. The largest absolute Gasteiger partial charge is 0.420 e. The highest BCUT2D eigenvalue weighted by atomic mass is 32.1. The van der Waals surface area contributed by atoms with Crippen molar-refractivity contribution in [3.63, 3.8) is 0 Å². The second-order valence-corrected chi connectivity index (χ2v) is 19.0. The molecule has 2 aromatic rings. The van der Waals surface area contributed by atoms with Crippen LogP contribution in [0.5, 0.6) is 5.75 Å². The molecule has 2 atom stereocenters. The van der Waals surface area contributed by atoms with Gasteiger partial charge in [-0.1, -0.05) is 6.92 Å². The summed E-state index contributed by atoms with van der Waals surface area (Å²) < 4.78 is 113. The summed E-state index contributed by atoms with van der Waals surface area (Å²) in [6.45, 7) is 13.4. The summed E-state index contributed by atoms with van der Waals surface area (Å²) in [5, 5.41) is 1.99. The van der Waals surface area contributed by atoms with Crippen molar-refractivity contribution in [3.8, 4) is 5.75 Å². The van der Waals surface area contributed by atoms with E-state index in [-0.39, 0.29) is 31.8 Å². The molecule has 1 aromatic heterocycles. The molecule has 4 aliphatic rings. The standard InChI is InChI=1S/C51H76F4N4O13S/c1-3-6-59(51(61)39-32-45-44(5-28-73-45)57-46(56)33-39)36-41-31-40(37-29-38(41)30-37)35-58(2)7-9-63-11-13-65-15-17-67-19-21-69-23-25-71-27-26-70-24-22-68-20-18-66-16-14-64-12-10-62-8-4-47(60)72-50-48(54)42(52)34-43(53)49(50)55/h5,28,32,34,37-38,40-41H,3-4,6-27,29-31,33,35-36H2,1-2H3,(H2,56,57)/t37?,38?,40-,41+/m0/s1. The topological polar surface area (TPSA) is 181 Å². The fourth-order valence-electron chi connectivity index (χ4n) is 8.74. The lowest BCUT2D eigenvalue weighted by Crippen LogP contribution is -2.50. The third kappa shape index (κ3) is 22.2. The zero-order valence-electron chi connectivity index (χ0n) is 42.5. The molecule has 2 bridgehead atoms. The molecule has 3 aliphatic carbocycles. The van der Waals surface area contributed by atoms with Crippen molar-refractivity contribution in [3.05, 3.63) is 51.2 Å². The quantitative estimate of drug-likeness (QED) is 0.0266. The van der Waals surface area contributed by atoms with Gasteiger partial charge in [-0.2, -0.15) is 8.78 Å². The second-order valence-electron chi connectivity index (χ2n) is 18.0. The fraction of sp³-hybridized carbons (Fsp3) is 0.706. The molecule has 0 radical (unpaired) electrons. The van der Waals surface area contributed by atoms with Crippen LogP contribution in [0.15, 0.2) is 28.1 Å². The number of amidine groups is 1. The Kier molecular flexibility index (Phi) is 28.7. The maximum absolute atomic E-state index is 13.9. The van der Waals surface area contributed by atoms with Crippen molar-refractivity contribution in [2.45, 2.75) is 45.4 Å². The Morgan fingerprint density at radius 1 is 0.644 bits per heavy atom. The summed E-state index contributed by atoms with van der Waals surface area (Å²) in [4.78, 5) is 35.6. The summed E-state index contributed by atoms with van der Waals surface area (Å²) >= 11 is 1.59. The predicted octanol–water partition coefficient (Wildman–Crippen LogP) is 6.07. The molecule has 6 rings (SSSR count). The number of hydrogen-bond donors (Lipinski definition) is 1. The monoisotopic (exact) mass is 1060 g/mol. The summed E-state index contributed by atoms with van der Waals surface area (Å²) in [6, 6.07) is 1.98. The van der Waals surface area contributed by atoms with Gasteiger partial charge in [0.25, 0.3) is 0 Å². The number of carbonyl (C=O) groups is 2. The summed E-state index contributed by atoms with van der Waals surface area (Å²) in [5.74, 6) is -6.25. The van der Waals surface area contributed by atoms with Crippen molar-refractivity contribution in [1.29, 1.82) is 0 Å². The normalized spacial score (nSPS) is 18.3. The van der Waals surface area contributed by atoms with E-state index < -0.39 is 41.4 Å². The van der Waals surface area contributed by atoms with E-state index in [0.29, 0.717) is 142 Å². The van der Waals surface area contributed by atoms with Crippen molar-refractivity contribution in [2.24, 2.45) is 34.4 Å². The van der Waals surface area contributed by atoms with E-state index in [4.69, 9.17) is 53.1 Å². The summed E-state index contributed by atoms with van der Waals surface area (Å²) in [5.41, 5.74) is 7.81. The molecule has 22 heteroatoms. The zero-order chi connectivity index (χ0) is 52.0. The predicted molar refractivity (Wildman–Crippen MR) is 265 cm³/mol. The van der Waals surface area contributed by atoms with Crippen LogP contribution in [-0.4, -0.2) is 193 Å². The number of fused-ring (bicyclic) bond motifs is 3. The lowest BCUT2D eigenvalue weighted by Gasteiger charge is -2.53. The van der Waals surface area contributed by atoms with Crippen LogP contribution in [0.2, 0.25) is 0 Å². The van der Waals surface area contributed by atoms with E-state index in [0.717, 1.165) is 61.1 Å². The molecule has 0 unspecified atom stereocenters. The Bertz CT molecular complexity index is 1950. The minimum Gasteiger partial charge on any atom is -0.420 e. The molecule has 2 heterocycles. The molecule has 0 spiro atoms. The van der Waals surface area contributed by atoms with E-state index in [9.17, 15) is 27.2 Å². The number of hydrogen-bond acceptors (Lipinski definition) is 17. The first-order valence-corrected chi connectivity index (χ1v) is 26.3. The Balaban J connectivity index is 0.721. The van der Waals surface area contributed by atoms with Crippen LogP contribution < -0.4 is 10.5 Å². The lowest BCUT2D eigenvalue weighted by atomic mass is 9.55. The van der Waals surface area contributed by atoms with E-state index in [1.807, 2.05) is 17.5 Å². The number of nitrogens with zero attached hydrogens (tertiary/aromatic N) is 3. The molecular weight excluding hydrogens is 985 g/mol. The third-order valence-corrected chi connectivity index (χ3v) is 13.4. The SMILES string of the molecule is CCCN(C[C@H]1C[C@@H](CN(C)CCOCCOCCOCCOCCOCCOCCOCCOCCOCCOCCC(=O)Oc2c(F)c(F)cc(F)c2F)C2CC1C2)C(=O)C1=Cc2sccc2N=C(N)C1. The van der Waals surface area contributed by atoms with Gasteiger partial charge in [0, 0.05) is 44.2 Å². The van der Waals surface area contributed by atoms with E-state index >= 15 is 0 Å². The van der Waals surface area contributed by atoms with E-state index in [2.05, 4.69) is 33.5 Å². The van der Waals surface area contributed by atoms with Crippen LogP contribution in [0.25, 0.3) is 6.08 Å². The molecule has 412 valence electrons. The molecule has 2 N–H and O–H groups in total. The molecule has 3 fully saturated rings. The number of benzene rings is 1. The van der Waals surface area contributed by atoms with Crippen molar-refractivity contribution in [1.82, 2.24) is 9.80 Å².